The second kappa shape index (κ2) is 8.98. The lowest BCUT2D eigenvalue weighted by molar-refractivity contribution is -0.139. The highest BCUT2D eigenvalue weighted by Crippen LogP contribution is 2.52. The Morgan fingerprint density at radius 3 is 0.960 bits per heavy atom. The van der Waals surface area contributed by atoms with Gasteiger partial charge in [-0.15, -0.1) is 7.92 Å². The van der Waals surface area contributed by atoms with Crippen LogP contribution in [0.25, 0.3) is 0 Å². The summed E-state index contributed by atoms with van der Waals surface area (Å²) >= 11 is 0. The molecule has 0 aliphatic rings. The van der Waals surface area contributed by atoms with Crippen LogP contribution in [0, 0.1) is 16.2 Å². The number of carboxylic acid groups (broad SMARTS) is 3. The summed E-state index contributed by atoms with van der Waals surface area (Å²) in [6, 6.07) is 0. The van der Waals surface area contributed by atoms with Crippen LogP contribution < -0.4 is 0 Å². The Balaban J connectivity index is 5.32. The first-order chi connectivity index (χ1) is 11.0. The van der Waals surface area contributed by atoms with Gasteiger partial charge in [-0.3, -0.25) is 14.4 Å². The van der Waals surface area contributed by atoms with Gasteiger partial charge in [-0.25, -0.2) is 0 Å². The van der Waals surface area contributed by atoms with E-state index in [1.165, 1.54) is 0 Å². The van der Waals surface area contributed by atoms with Crippen LogP contribution in [0.3, 0.4) is 0 Å². The van der Waals surface area contributed by atoms with Crippen LogP contribution in [0.4, 0.5) is 0 Å². The zero-order valence-electron chi connectivity index (χ0n) is 16.3. The van der Waals surface area contributed by atoms with Crippen LogP contribution in [0.1, 0.15) is 60.8 Å². The maximum absolute atomic E-state index is 11.1. The van der Waals surface area contributed by atoms with E-state index in [0.29, 0.717) is 18.5 Å². The number of carbonyl (C=O) groups is 3. The van der Waals surface area contributed by atoms with Gasteiger partial charge >= 0.3 is 17.9 Å². The summed E-state index contributed by atoms with van der Waals surface area (Å²) in [4.78, 5) is 33.3. The van der Waals surface area contributed by atoms with Gasteiger partial charge in [0.15, 0.2) is 0 Å². The molecule has 3 N–H and O–H groups in total. The Bertz CT molecular complexity index is 424. The lowest BCUT2D eigenvalue weighted by Gasteiger charge is -2.38. The van der Waals surface area contributed by atoms with Gasteiger partial charge in [-0.1, -0.05) is 41.5 Å². The van der Waals surface area contributed by atoms with Crippen LogP contribution >= 0.6 is 7.92 Å². The van der Waals surface area contributed by atoms with Crippen molar-refractivity contribution < 1.29 is 29.7 Å². The molecule has 7 heteroatoms. The van der Waals surface area contributed by atoms with Gasteiger partial charge in [0.25, 0.3) is 0 Å². The normalized spacial score (nSPS) is 13.1. The molecular formula is C18H33O6P. The fourth-order valence-corrected chi connectivity index (χ4v) is 7.68. The first-order valence-electron chi connectivity index (χ1n) is 8.41. The summed E-state index contributed by atoms with van der Waals surface area (Å²) in [5, 5.41) is 27.4. The first-order valence-corrected chi connectivity index (χ1v) is 10.3. The van der Waals surface area contributed by atoms with Crippen LogP contribution in [-0.4, -0.2) is 51.7 Å². The second-order valence-corrected chi connectivity index (χ2v) is 11.6. The van der Waals surface area contributed by atoms with E-state index in [0.717, 1.165) is 0 Å². The third-order valence-electron chi connectivity index (χ3n) is 3.84. The molecule has 0 aliphatic carbocycles. The largest absolute Gasteiger partial charge is 0.481 e. The van der Waals surface area contributed by atoms with E-state index < -0.39 is 42.1 Å². The molecule has 0 aromatic heterocycles. The SMILES string of the molecule is CC(C)(CC(=O)O)CP(CC(C)(C)CC(=O)O)CC(C)(C)CC(=O)O. The molecule has 0 aromatic carbocycles. The zero-order chi connectivity index (χ0) is 20.1. The molecule has 0 saturated heterocycles. The summed E-state index contributed by atoms with van der Waals surface area (Å²) in [6.07, 6.45) is 2.18. The van der Waals surface area contributed by atoms with E-state index in [-0.39, 0.29) is 19.3 Å². The Labute approximate surface area is 151 Å². The fourth-order valence-electron chi connectivity index (χ4n) is 3.38. The minimum absolute atomic E-state index is 0.0462. The van der Waals surface area contributed by atoms with Gasteiger partial charge in [-0.2, -0.15) is 0 Å². The average Bonchev–Trinajstić information content (AvgIpc) is 2.18. The van der Waals surface area contributed by atoms with Gasteiger partial charge in [0.1, 0.15) is 0 Å². The Morgan fingerprint density at radius 2 is 0.800 bits per heavy atom. The summed E-state index contributed by atoms with van der Waals surface area (Å²) < 4.78 is 0. The maximum Gasteiger partial charge on any atom is 0.303 e. The lowest BCUT2D eigenvalue weighted by atomic mass is 9.91. The molecule has 0 spiro atoms. The van der Waals surface area contributed by atoms with Crippen molar-refractivity contribution in [3.8, 4) is 0 Å². The van der Waals surface area contributed by atoms with E-state index in [9.17, 15) is 14.4 Å². The van der Waals surface area contributed by atoms with Crippen LogP contribution in [0.5, 0.6) is 0 Å². The Morgan fingerprint density at radius 1 is 0.600 bits per heavy atom. The molecule has 146 valence electrons. The molecular weight excluding hydrogens is 343 g/mol. The molecule has 0 radical (unpaired) electrons. The smallest absolute Gasteiger partial charge is 0.303 e. The predicted octanol–water partition coefficient (Wildman–Crippen LogP) is 3.97. The average molecular weight is 376 g/mol. The molecule has 0 saturated carbocycles. The summed E-state index contributed by atoms with van der Waals surface area (Å²) in [7, 11) is -0.707. The molecule has 0 bridgehead atoms. The van der Waals surface area contributed by atoms with Crippen molar-refractivity contribution in [3.63, 3.8) is 0 Å². The van der Waals surface area contributed by atoms with Crippen LogP contribution in [0.2, 0.25) is 0 Å². The summed E-state index contributed by atoms with van der Waals surface area (Å²) in [5.41, 5.74) is -1.22. The molecule has 0 fully saturated rings. The highest BCUT2D eigenvalue weighted by Gasteiger charge is 2.35. The zero-order valence-corrected chi connectivity index (χ0v) is 17.2. The van der Waals surface area contributed by atoms with Crippen molar-refractivity contribution >= 4 is 25.8 Å². The molecule has 0 aromatic rings. The van der Waals surface area contributed by atoms with E-state index >= 15 is 0 Å². The number of hydrogen-bond donors (Lipinski definition) is 3. The number of carboxylic acids is 3. The van der Waals surface area contributed by atoms with Gasteiger partial charge in [-0.05, 0) is 34.7 Å². The molecule has 0 atom stereocenters. The molecule has 0 heterocycles. The molecule has 0 amide bonds. The third-order valence-corrected chi connectivity index (χ3v) is 7.75. The van der Waals surface area contributed by atoms with Crippen molar-refractivity contribution in [2.24, 2.45) is 16.2 Å². The fraction of sp³-hybridized carbons (Fsp3) is 0.833. The third kappa shape index (κ3) is 11.9. The number of rotatable bonds is 12. The van der Waals surface area contributed by atoms with E-state index in [1.54, 1.807) is 0 Å². The highest BCUT2D eigenvalue weighted by atomic mass is 31.1. The molecule has 0 rings (SSSR count). The van der Waals surface area contributed by atoms with Crippen LogP contribution in [0.15, 0.2) is 0 Å². The van der Waals surface area contributed by atoms with Gasteiger partial charge in [0, 0.05) is 0 Å². The van der Waals surface area contributed by atoms with E-state index in [4.69, 9.17) is 15.3 Å². The monoisotopic (exact) mass is 376 g/mol. The van der Waals surface area contributed by atoms with Crippen LogP contribution in [-0.2, 0) is 14.4 Å². The van der Waals surface area contributed by atoms with Crippen molar-refractivity contribution in [2.75, 3.05) is 18.5 Å². The van der Waals surface area contributed by atoms with Crippen molar-refractivity contribution in [1.82, 2.24) is 0 Å². The number of aliphatic carboxylic acids is 3. The van der Waals surface area contributed by atoms with E-state index in [1.807, 2.05) is 41.5 Å². The second-order valence-electron chi connectivity index (χ2n) is 9.35. The summed E-state index contributed by atoms with van der Waals surface area (Å²) in [6.45, 7) is 11.4. The topological polar surface area (TPSA) is 112 Å². The summed E-state index contributed by atoms with van der Waals surface area (Å²) in [5.74, 6) is -2.56. The number of hydrogen-bond acceptors (Lipinski definition) is 3. The maximum atomic E-state index is 11.1. The van der Waals surface area contributed by atoms with Crippen molar-refractivity contribution in [2.45, 2.75) is 60.8 Å². The van der Waals surface area contributed by atoms with Gasteiger partial charge in [0.05, 0.1) is 19.3 Å². The van der Waals surface area contributed by atoms with Gasteiger partial charge < -0.3 is 15.3 Å². The minimum Gasteiger partial charge on any atom is -0.481 e. The molecule has 6 nitrogen and oxygen atoms in total. The molecule has 25 heavy (non-hydrogen) atoms. The van der Waals surface area contributed by atoms with E-state index in [2.05, 4.69) is 0 Å². The van der Waals surface area contributed by atoms with Crippen molar-refractivity contribution in [3.05, 3.63) is 0 Å². The lowest BCUT2D eigenvalue weighted by Crippen LogP contribution is -2.29. The quantitative estimate of drug-likeness (QED) is 0.444. The van der Waals surface area contributed by atoms with Gasteiger partial charge in [0.2, 0.25) is 0 Å². The van der Waals surface area contributed by atoms with Crippen molar-refractivity contribution in [1.29, 1.82) is 0 Å². The first kappa shape index (κ1) is 23.8. The Kier molecular flexibility index (Phi) is 8.56. The predicted molar refractivity (Wildman–Crippen MR) is 99.6 cm³/mol. The minimum atomic E-state index is -0.852. The Hall–Kier alpha value is -1.16. The standard InChI is InChI=1S/C18H33O6P/c1-16(2,7-13(19)20)10-25(11-17(3,4)8-14(21)22)12-18(5,6)9-15(23)24/h7-12H2,1-6H3,(H,19,20)(H,21,22)(H,23,24). The molecule has 0 unspecified atom stereocenters. The molecule has 0 aliphatic heterocycles. The highest BCUT2D eigenvalue weighted by molar-refractivity contribution is 7.57.